The zero-order valence-corrected chi connectivity index (χ0v) is 55.9. The minimum absolute atomic E-state index is 0.0604. The number of aliphatic carboxylic acids is 2. The number of rotatable bonds is 25. The molecule has 0 aliphatic carbocycles. The summed E-state index contributed by atoms with van der Waals surface area (Å²) < 4.78 is 91.4. The number of carboxylic acid groups (broad SMARTS) is 2. The third-order valence-corrected chi connectivity index (χ3v) is 20.3. The topological polar surface area (TPSA) is 653 Å². The van der Waals surface area contributed by atoms with Crippen LogP contribution in [0, 0.1) is 5.92 Å². The summed E-state index contributed by atoms with van der Waals surface area (Å²) in [4.78, 5) is 48.6. The second kappa shape index (κ2) is 37.6. The van der Waals surface area contributed by atoms with Crippen LogP contribution in [-0.2, 0) is 95.0 Å². The number of carbonyl (C=O) groups is 4. The van der Waals surface area contributed by atoms with Gasteiger partial charge in [0.2, 0.25) is 11.6 Å². The molecule has 22 N–H and O–H groups in total. The van der Waals surface area contributed by atoms with Gasteiger partial charge in [-0.25, -0.2) is 0 Å². The molecule has 12 unspecified atom stereocenters. The molecule has 0 aromatic rings. The van der Waals surface area contributed by atoms with Gasteiger partial charge in [-0.1, -0.05) is 0 Å². The predicted octanol–water partition coefficient (Wildman–Crippen LogP) is -13.1. The SMILES string of the molecule is CN[C@H](CSCC1O[C@H]2O[C@@H]3C(CO)O[C@H](O[C@]4(O)CO[C@H](O[C@@H]5C(CO)O[C@H](O[C@@H]6C(CSC[C@@H](CC(=O)CCOCCOCCC(C)=O)C(=O)O)O[C@H](O[C@]7(O)CO[C@@H](O[C@@H]8C(CO)O[C@@H](O[C@H]1[C@H](O)C2O)C(O)[C@H]8O)C(O)[C@H]7O)C(O)[C@H]6O)C(O)[C@H]5O)C(O)[C@H]4O)C(O)[C@H]3O)C(=O)O. The number of nitrogens with one attached hydrogen (secondary N) is 1. The second-order valence-electron chi connectivity index (χ2n) is 25.3. The summed E-state index contributed by atoms with van der Waals surface area (Å²) in [6.07, 6.45) is -67.4. The molecule has 21 aliphatic heterocycles. The minimum atomic E-state index is -3.18. The standard InChI is InChI=1S/C57H93NO41S2/c1-19(62)3-5-84-7-8-85-6-4-21(63)9-20(47(78)79)13-100-15-27-44-32(68)37(73)55(92-27)99-57(83)18-87-50(39(75)46(57)77)94-40-23(10-59)88-51(33(69)28(40)64)96-43-26(16-101-14-22(58-2)48(80)81)91-53(35(71)30(43)66)95-42-25(12-61)90-54(36(72)31(42)67)98-56(82)17-86-49(38(74)45(56)76)93-41-24(11-60)89-52(97-44)34(70)29(41)65/h20,22-46,49-55,58-61,64-77,82-83H,3-18H2,1-2H3,(H,78,79)(H,80,81)/t20-,22-,23?,24?,25?,26?,27?,28-,29-,30-,31-,32-,33?,34?,35?,36?,37?,38?,39?,40-,41-,42-,43-,44-,45-,46-,49-,50+,51+,52-,53+,54-,55-,56-,57-/m1/s1. The van der Waals surface area contributed by atoms with Gasteiger partial charge in [0.15, 0.2) is 44.0 Å². The Morgan fingerprint density at radius 2 is 0.772 bits per heavy atom. The summed E-state index contributed by atoms with van der Waals surface area (Å²) in [5.41, 5.74) is 0. The Kier molecular flexibility index (Phi) is 31.3. The van der Waals surface area contributed by atoms with Gasteiger partial charge in [0, 0.05) is 42.3 Å². The van der Waals surface area contributed by atoms with Crippen molar-refractivity contribution in [1.82, 2.24) is 5.32 Å². The number of aliphatic hydroxyl groups excluding tert-OH is 17. The van der Waals surface area contributed by atoms with E-state index in [1.165, 1.54) is 14.0 Å². The molecule has 21 fully saturated rings. The molecule has 21 rings (SSSR count). The molecular weight excluding hydrogens is 1420 g/mol. The molecule has 0 spiro atoms. The average molecular weight is 1510 g/mol. The molecule has 35 atom stereocenters. The number of thioether (sulfide) groups is 2. The molecule has 42 nitrogen and oxygen atoms in total. The molecule has 0 saturated carbocycles. The van der Waals surface area contributed by atoms with Crippen molar-refractivity contribution in [2.75, 3.05) is 89.5 Å². The summed E-state index contributed by atoms with van der Waals surface area (Å²) in [5.74, 6) is -12.5. The van der Waals surface area contributed by atoms with Crippen LogP contribution in [0.4, 0.5) is 0 Å². The van der Waals surface area contributed by atoms with Gasteiger partial charge in [-0.15, -0.1) is 0 Å². The normalized spacial score (nSPS) is 45.5. The number of aliphatic hydroxyl groups is 19. The molecule has 0 radical (unpaired) electrons. The molecule has 101 heavy (non-hydrogen) atoms. The van der Waals surface area contributed by atoms with Crippen LogP contribution in [0.1, 0.15) is 26.2 Å². The highest BCUT2D eigenvalue weighted by molar-refractivity contribution is 7.99. The zero-order chi connectivity index (χ0) is 74.1. The third kappa shape index (κ3) is 20.1. The van der Waals surface area contributed by atoms with Crippen LogP contribution in [0.2, 0.25) is 0 Å². The second-order valence-corrected chi connectivity index (χ2v) is 27.4. The van der Waals surface area contributed by atoms with Gasteiger partial charge in [0.1, 0.15) is 165 Å². The van der Waals surface area contributed by atoms with E-state index >= 15 is 0 Å². The van der Waals surface area contributed by atoms with Crippen molar-refractivity contribution < 1.29 is 202 Å². The molecule has 0 aromatic heterocycles. The van der Waals surface area contributed by atoms with Crippen LogP contribution < -0.4 is 5.32 Å². The smallest absolute Gasteiger partial charge is 0.321 e. The summed E-state index contributed by atoms with van der Waals surface area (Å²) in [6.45, 7) is -4.24. The quantitative estimate of drug-likeness (QED) is 0.0377. The summed E-state index contributed by atoms with van der Waals surface area (Å²) in [6, 6.07) is -1.19. The maximum atomic E-state index is 13.0. The maximum Gasteiger partial charge on any atom is 0.321 e. The molecule has 44 heteroatoms. The van der Waals surface area contributed by atoms with Crippen molar-refractivity contribution in [3.8, 4) is 0 Å². The van der Waals surface area contributed by atoms with E-state index in [-0.39, 0.29) is 62.3 Å². The molecule has 0 aromatic carbocycles. The molecule has 21 aliphatic rings. The molecule has 584 valence electrons. The van der Waals surface area contributed by atoms with Crippen LogP contribution in [-0.4, -0.2) is 428 Å². The first-order valence-corrected chi connectivity index (χ1v) is 34.5. The first-order valence-electron chi connectivity index (χ1n) is 32.2. The lowest BCUT2D eigenvalue weighted by molar-refractivity contribution is -0.434. The van der Waals surface area contributed by atoms with Crippen LogP contribution in [0.3, 0.4) is 0 Å². The highest BCUT2D eigenvalue weighted by Crippen LogP contribution is 2.41. The largest absolute Gasteiger partial charge is 0.481 e. The predicted molar refractivity (Wildman–Crippen MR) is 322 cm³/mol. The minimum Gasteiger partial charge on any atom is -0.481 e. The average Bonchev–Trinajstić information content (AvgIpc) is 0.889. The number of likely N-dealkylation sites (N-methyl/N-ethyl adjacent to an activating group) is 1. The summed E-state index contributed by atoms with van der Waals surface area (Å²) >= 11 is 1.62. The fourth-order valence-electron chi connectivity index (χ4n) is 12.1. The molecule has 21 saturated heterocycles. The van der Waals surface area contributed by atoms with Crippen molar-refractivity contribution >= 4 is 47.0 Å². The number of carbonyl (C=O) groups excluding carboxylic acids is 2. The van der Waals surface area contributed by atoms with Gasteiger partial charge in [0.25, 0.3) is 0 Å². The van der Waals surface area contributed by atoms with E-state index < -0.39 is 277 Å². The Bertz CT molecular complexity index is 2620. The highest BCUT2D eigenvalue weighted by atomic mass is 32.2. The van der Waals surface area contributed by atoms with Crippen LogP contribution >= 0.6 is 23.5 Å². The fraction of sp³-hybridized carbons (Fsp3) is 0.930. The Morgan fingerprint density at radius 3 is 1.14 bits per heavy atom. The Balaban J connectivity index is 1.06. The van der Waals surface area contributed by atoms with E-state index in [0.29, 0.717) is 0 Å². The van der Waals surface area contributed by atoms with Crippen molar-refractivity contribution in [2.24, 2.45) is 5.92 Å². The number of hydrogen-bond donors (Lipinski definition) is 22. The van der Waals surface area contributed by atoms with Crippen molar-refractivity contribution in [3.05, 3.63) is 0 Å². The van der Waals surface area contributed by atoms with E-state index in [4.69, 9.17) is 75.8 Å². The maximum absolute atomic E-state index is 13.0. The van der Waals surface area contributed by atoms with Crippen LogP contribution in [0.5, 0.6) is 0 Å². The summed E-state index contributed by atoms with van der Waals surface area (Å²) in [7, 11) is 1.34. The lowest BCUT2D eigenvalue weighted by atomic mass is 9.95. The van der Waals surface area contributed by atoms with E-state index in [9.17, 15) is 126 Å². The van der Waals surface area contributed by atoms with Gasteiger partial charge in [-0.2, -0.15) is 23.5 Å². The lowest BCUT2D eigenvalue weighted by Gasteiger charge is -2.50. The molecule has 0 amide bonds. The highest BCUT2D eigenvalue weighted by Gasteiger charge is 2.61. The number of ether oxygens (including phenoxy) is 16. The van der Waals surface area contributed by atoms with Crippen LogP contribution in [0.25, 0.3) is 0 Å². The van der Waals surface area contributed by atoms with E-state index in [0.717, 1.165) is 23.5 Å². The van der Waals surface area contributed by atoms with Gasteiger partial charge >= 0.3 is 11.9 Å². The lowest BCUT2D eigenvalue weighted by Crippen LogP contribution is -2.69. The number of ketones is 2. The van der Waals surface area contributed by atoms with Gasteiger partial charge in [-0.05, 0) is 14.0 Å². The number of carboxylic acids is 2. The Hall–Kier alpha value is -2.46. The summed E-state index contributed by atoms with van der Waals surface area (Å²) in [5, 5.41) is 240. The van der Waals surface area contributed by atoms with Crippen molar-refractivity contribution in [3.63, 3.8) is 0 Å². The first-order chi connectivity index (χ1) is 47.8. The zero-order valence-electron chi connectivity index (χ0n) is 54.2. The van der Waals surface area contributed by atoms with Crippen molar-refractivity contribution in [2.45, 2.75) is 234 Å². The van der Waals surface area contributed by atoms with E-state index in [1.54, 1.807) is 0 Å². The van der Waals surface area contributed by atoms with Crippen LogP contribution in [0.15, 0.2) is 0 Å². The molecule has 21 heterocycles. The first kappa shape index (κ1) is 84.2. The molecule has 14 bridgehead atoms. The van der Waals surface area contributed by atoms with E-state index in [1.807, 2.05) is 0 Å². The number of Topliss-reactive ketones (excluding diaryl/α,β-unsaturated/α-hetero) is 2. The van der Waals surface area contributed by atoms with E-state index in [2.05, 4.69) is 5.32 Å². The monoisotopic (exact) mass is 1510 g/mol. The Labute approximate surface area is 582 Å². The fourth-order valence-corrected chi connectivity index (χ4v) is 14.4. The van der Waals surface area contributed by atoms with Gasteiger partial charge < -0.3 is 188 Å². The molecular formula is C57H93NO41S2. The van der Waals surface area contributed by atoms with Gasteiger partial charge in [0.05, 0.1) is 64.4 Å². The van der Waals surface area contributed by atoms with Gasteiger partial charge in [-0.3, -0.25) is 19.2 Å². The van der Waals surface area contributed by atoms with Crippen molar-refractivity contribution in [1.29, 1.82) is 0 Å². The third-order valence-electron chi connectivity index (χ3n) is 18.0. The number of hydrogen-bond acceptors (Lipinski definition) is 42. The Morgan fingerprint density at radius 1 is 0.436 bits per heavy atom.